The summed E-state index contributed by atoms with van der Waals surface area (Å²) in [4.78, 5) is 2.00. The maximum atomic E-state index is 2.38. The zero-order valence-electron chi connectivity index (χ0n) is 14.5. The van der Waals surface area contributed by atoms with Gasteiger partial charge in [0.25, 0.3) is 8.24 Å². The van der Waals surface area contributed by atoms with Crippen LogP contribution in [0.25, 0.3) is 0 Å². The molecule has 18 heavy (non-hydrogen) atoms. The third-order valence-corrected chi connectivity index (χ3v) is 6.04. The zero-order chi connectivity index (χ0) is 14.2. The molecule has 0 N–H and O–H groups in total. The molecule has 0 rings (SSSR count). The molecule has 0 aliphatic carbocycles. The quantitative estimate of drug-likeness (QED) is 0.637. The summed E-state index contributed by atoms with van der Waals surface area (Å²) in [6, 6.07) is 0. The topological polar surface area (TPSA) is 3.24 Å². The fourth-order valence-corrected chi connectivity index (χ4v) is 0. The van der Waals surface area contributed by atoms with Crippen LogP contribution in [0.2, 0.25) is 39.3 Å². The van der Waals surface area contributed by atoms with Crippen molar-refractivity contribution >= 4 is 17.0 Å². The molecule has 0 saturated carbocycles. The van der Waals surface area contributed by atoms with E-state index < -0.39 is 8.24 Å². The van der Waals surface area contributed by atoms with Gasteiger partial charge in [0.2, 0.25) is 0 Å². The van der Waals surface area contributed by atoms with Crippen LogP contribution in [-0.4, -0.2) is 68.4 Å². The summed E-state index contributed by atoms with van der Waals surface area (Å²) in [5, 5.41) is 0. The van der Waals surface area contributed by atoms with Gasteiger partial charge in [0.15, 0.2) is 0 Å². The number of quaternary nitrogens is 1. The van der Waals surface area contributed by atoms with E-state index in [2.05, 4.69) is 60.4 Å². The maximum Gasteiger partial charge on any atom is 0.275 e. The Labute approximate surface area is 147 Å². The van der Waals surface area contributed by atoms with Gasteiger partial charge in [-0.15, -0.1) is 0 Å². The van der Waals surface area contributed by atoms with Crippen LogP contribution < -0.4 is 0 Å². The van der Waals surface area contributed by atoms with Crippen LogP contribution >= 0.6 is 0 Å². The molecule has 0 aliphatic rings. The Kier molecular flexibility index (Phi) is 26.2. The van der Waals surface area contributed by atoms with Gasteiger partial charge in [-0.2, -0.15) is 0 Å². The zero-order valence-corrected chi connectivity index (χ0v) is 19.3. The van der Waals surface area contributed by atoms with Crippen LogP contribution in [0.3, 0.4) is 0 Å². The van der Waals surface area contributed by atoms with Gasteiger partial charge in [-0.25, -0.2) is 0 Å². The van der Waals surface area contributed by atoms with Crippen LogP contribution in [0.1, 0.15) is 7.43 Å². The maximum absolute atomic E-state index is 2.38. The molecule has 0 atom stereocenters. The van der Waals surface area contributed by atoms with Crippen LogP contribution in [0.4, 0.5) is 0 Å². The molecule has 0 spiro atoms. The van der Waals surface area contributed by atoms with Gasteiger partial charge in [-0.1, -0.05) is 27.1 Å². The largest absolute Gasteiger partial charge is 0.391 e. The summed E-state index contributed by atoms with van der Waals surface area (Å²) in [6.45, 7) is 14.0. The van der Waals surface area contributed by atoms with Crippen molar-refractivity contribution in [3.63, 3.8) is 0 Å². The molecule has 112 valence electrons. The van der Waals surface area contributed by atoms with Crippen molar-refractivity contribution in [1.82, 2.24) is 4.90 Å². The molecule has 2 nitrogen and oxygen atoms in total. The second-order valence-corrected chi connectivity index (χ2v) is 15.7. The Hall–Kier alpha value is 1.46. The summed E-state index contributed by atoms with van der Waals surface area (Å²) in [5.41, 5.74) is 0. The fraction of sp³-hybridized carbons (Fsp3) is 1.00. The van der Waals surface area contributed by atoms with Gasteiger partial charge in [0, 0.05) is 41.5 Å². The van der Waals surface area contributed by atoms with E-state index in [0.29, 0.717) is 0 Å². The number of hydrogen-bond acceptors (Lipinski definition) is 1. The Balaban J connectivity index is -0.0000000489. The molecule has 0 amide bonds. The summed E-state index contributed by atoms with van der Waals surface area (Å²) in [5.74, 6) is 0. The third kappa shape index (κ3) is 43.2. The van der Waals surface area contributed by atoms with Crippen LogP contribution in [0.5, 0.6) is 0 Å². The Morgan fingerprint density at radius 3 is 0.889 bits per heavy atom. The van der Waals surface area contributed by atoms with Crippen molar-refractivity contribution in [3.8, 4) is 0 Å². The smallest absolute Gasteiger partial charge is 0.275 e. The number of hydrogen-bond donors (Lipinski definition) is 0. The van der Waals surface area contributed by atoms with Gasteiger partial charge in [-0.3, -0.25) is 0 Å². The normalized spacial score (nSPS) is 10.3. The van der Waals surface area contributed by atoms with E-state index in [0.717, 1.165) is 4.15 Å². The van der Waals surface area contributed by atoms with Gasteiger partial charge < -0.3 is 9.05 Å². The predicted octanol–water partition coefficient (Wildman–Crippen LogP) is 3.71. The Morgan fingerprint density at radius 1 is 0.833 bits per heavy atom. The SMILES string of the molecule is C.CN(C)C.C[N+](C)(C)[Si](C)(C)C.C[Si](C)C.[Y]. The van der Waals surface area contributed by atoms with Gasteiger partial charge in [0.05, 0.1) is 21.1 Å². The van der Waals surface area contributed by atoms with Gasteiger partial charge in [-0.05, 0) is 40.8 Å². The standard InChI is InChI=1S/C6H18NSi.C3H9N.C3H9Si.CH4.Y/c1-7(2,3)8(4,5)6;2*1-4(2)3;;/h1-6H3;2*1-3H3;1H4;/q+1;;;;. The van der Waals surface area contributed by atoms with Crippen molar-refractivity contribution in [2.75, 3.05) is 42.3 Å². The van der Waals surface area contributed by atoms with E-state index >= 15 is 0 Å². The number of nitrogens with zero attached hydrogens (tertiary/aromatic N) is 2. The third-order valence-electron chi connectivity index (χ3n) is 2.01. The molecule has 0 unspecified atom stereocenters. The van der Waals surface area contributed by atoms with Crippen molar-refractivity contribution in [2.24, 2.45) is 0 Å². The molecule has 0 saturated heterocycles. The average molecular weight is 370 g/mol. The van der Waals surface area contributed by atoms with Crippen molar-refractivity contribution in [2.45, 2.75) is 46.7 Å². The van der Waals surface area contributed by atoms with E-state index in [1.165, 1.54) is 0 Å². The average Bonchev–Trinajstić information content (AvgIpc) is 1.76. The second kappa shape index (κ2) is 14.9. The minimum atomic E-state index is -0.921. The first-order chi connectivity index (χ1) is 6.71. The molecule has 0 aliphatic heterocycles. The van der Waals surface area contributed by atoms with Crippen molar-refractivity contribution in [1.29, 1.82) is 0 Å². The summed E-state index contributed by atoms with van der Waals surface area (Å²) in [6.07, 6.45) is 0. The van der Waals surface area contributed by atoms with Crippen molar-refractivity contribution in [3.05, 3.63) is 0 Å². The summed E-state index contributed by atoms with van der Waals surface area (Å²) in [7, 11) is 12.0. The summed E-state index contributed by atoms with van der Waals surface area (Å²) < 4.78 is 1.16. The van der Waals surface area contributed by atoms with Crippen LogP contribution in [-0.2, 0) is 32.7 Å². The second-order valence-electron chi connectivity index (χ2n) is 7.02. The molecular formula is C13H40N2Si2Y+. The van der Waals surface area contributed by atoms with Gasteiger partial charge >= 0.3 is 0 Å². The van der Waals surface area contributed by atoms with Crippen LogP contribution in [0.15, 0.2) is 0 Å². The molecular weight excluding hydrogens is 329 g/mol. The molecule has 5 heteroatoms. The van der Waals surface area contributed by atoms with E-state index in [1.807, 2.05) is 26.0 Å². The van der Waals surface area contributed by atoms with E-state index in [1.54, 1.807) is 0 Å². The Morgan fingerprint density at radius 2 is 0.889 bits per heavy atom. The summed E-state index contributed by atoms with van der Waals surface area (Å²) >= 11 is 0. The predicted molar refractivity (Wildman–Crippen MR) is 91.1 cm³/mol. The molecule has 0 aromatic carbocycles. The first-order valence-corrected chi connectivity index (χ1v) is 12.4. The molecule has 0 fully saturated rings. The first-order valence-electron chi connectivity index (χ1n) is 5.91. The minimum absolute atomic E-state index is 0. The van der Waals surface area contributed by atoms with Crippen LogP contribution in [0, 0.1) is 0 Å². The molecule has 0 heterocycles. The van der Waals surface area contributed by atoms with Gasteiger partial charge in [0.1, 0.15) is 0 Å². The Bertz CT molecular complexity index is 127. The van der Waals surface area contributed by atoms with E-state index in [-0.39, 0.29) is 48.9 Å². The van der Waals surface area contributed by atoms with Crippen molar-refractivity contribution < 1.29 is 36.9 Å². The molecule has 0 bridgehead atoms. The fourth-order valence-electron chi connectivity index (χ4n) is 0. The molecule has 0 aromatic heterocycles. The van der Waals surface area contributed by atoms with E-state index in [9.17, 15) is 0 Å². The molecule has 2 radical (unpaired) electrons. The molecule has 0 aromatic rings. The minimum Gasteiger partial charge on any atom is -0.391 e. The monoisotopic (exact) mass is 369 g/mol. The van der Waals surface area contributed by atoms with E-state index in [4.69, 9.17) is 0 Å². The first kappa shape index (κ1) is 31.7. The number of rotatable bonds is 1.